The summed E-state index contributed by atoms with van der Waals surface area (Å²) >= 11 is 0. The van der Waals surface area contributed by atoms with Crippen molar-refractivity contribution in [1.82, 2.24) is 14.9 Å². The number of nitrogens with zero attached hydrogens (tertiary/aromatic N) is 2. The normalized spacial score (nSPS) is 11.9. The average molecular weight is 878 g/mol. The molecule has 0 saturated carbocycles. The van der Waals surface area contributed by atoms with Gasteiger partial charge in [0.2, 0.25) is 9.84 Å². The lowest BCUT2D eigenvalue weighted by Crippen LogP contribution is -2.21. The van der Waals surface area contributed by atoms with Gasteiger partial charge in [-0.1, -0.05) is 83.5 Å². The monoisotopic (exact) mass is 877 g/mol. The standard InChI is InChI=1S/C54H59N3O6S/c1-8-10-39-35-43(53(2,3)41-11-17-45(60-6)18-12-41)16-30-52(39)63-48-23-27-50(28-24-48)64(58,59)49-25-21-47(22-26-49)62-46-19-13-42(14-20-46)54(4,5)44-15-29-51(61-7)40(36-44)37-55-31-9-33-57-34-32-56-38-57/h11-30,32,34-36,38,55H,8-10,31,33,37H2,1-7H3. The van der Waals surface area contributed by atoms with Crippen LogP contribution >= 0.6 is 0 Å². The first-order valence-electron chi connectivity index (χ1n) is 21.8. The van der Waals surface area contributed by atoms with Crippen molar-refractivity contribution < 1.29 is 27.4 Å². The van der Waals surface area contributed by atoms with Gasteiger partial charge in [-0.25, -0.2) is 13.4 Å². The summed E-state index contributed by atoms with van der Waals surface area (Å²) in [6.45, 7) is 13.5. The van der Waals surface area contributed by atoms with Crippen molar-refractivity contribution in [2.45, 2.75) is 87.6 Å². The topological polar surface area (TPSA) is 101 Å². The third-order valence-electron chi connectivity index (χ3n) is 12.1. The fourth-order valence-corrected chi connectivity index (χ4v) is 9.18. The summed E-state index contributed by atoms with van der Waals surface area (Å²) in [6.07, 6.45) is 8.41. The Labute approximate surface area is 379 Å². The highest BCUT2D eigenvalue weighted by molar-refractivity contribution is 7.91. The lowest BCUT2D eigenvalue weighted by atomic mass is 9.77. The maximum absolute atomic E-state index is 13.7. The van der Waals surface area contributed by atoms with E-state index in [1.54, 1.807) is 68.9 Å². The summed E-state index contributed by atoms with van der Waals surface area (Å²) in [6, 6.07) is 42.1. The number of rotatable bonds is 20. The molecular weight excluding hydrogens is 819 g/mol. The Balaban J connectivity index is 0.968. The molecule has 10 heteroatoms. The lowest BCUT2D eigenvalue weighted by Gasteiger charge is -2.27. The fraction of sp³-hybridized carbons (Fsp3) is 0.278. The van der Waals surface area contributed by atoms with E-state index < -0.39 is 9.84 Å². The van der Waals surface area contributed by atoms with E-state index in [1.807, 2.05) is 48.9 Å². The number of methoxy groups -OCH3 is 2. The van der Waals surface area contributed by atoms with Gasteiger partial charge in [0.25, 0.3) is 0 Å². The molecule has 0 aliphatic heterocycles. The number of ether oxygens (including phenoxy) is 4. The molecular formula is C54H59N3O6S. The summed E-state index contributed by atoms with van der Waals surface area (Å²) < 4.78 is 53.1. The van der Waals surface area contributed by atoms with Crippen molar-refractivity contribution >= 4 is 9.84 Å². The number of aromatic nitrogens is 2. The molecule has 0 amide bonds. The van der Waals surface area contributed by atoms with Gasteiger partial charge in [0.15, 0.2) is 0 Å². The summed E-state index contributed by atoms with van der Waals surface area (Å²) in [5.74, 6) is 4.19. The van der Waals surface area contributed by atoms with Crippen LogP contribution in [0, 0.1) is 0 Å². The van der Waals surface area contributed by atoms with E-state index in [-0.39, 0.29) is 20.6 Å². The Kier molecular flexibility index (Phi) is 14.3. The van der Waals surface area contributed by atoms with Crippen LogP contribution in [0.3, 0.4) is 0 Å². The Hall–Kier alpha value is -6.36. The van der Waals surface area contributed by atoms with Gasteiger partial charge in [0, 0.05) is 41.9 Å². The molecule has 0 radical (unpaired) electrons. The number of aryl methyl sites for hydroxylation is 2. The van der Waals surface area contributed by atoms with Crippen molar-refractivity contribution in [3.05, 3.63) is 186 Å². The zero-order valence-corrected chi connectivity index (χ0v) is 38.7. The smallest absolute Gasteiger partial charge is 0.206 e. The predicted octanol–water partition coefficient (Wildman–Crippen LogP) is 12.1. The molecule has 7 aromatic rings. The summed E-state index contributed by atoms with van der Waals surface area (Å²) in [4.78, 5) is 4.47. The minimum Gasteiger partial charge on any atom is -0.497 e. The third kappa shape index (κ3) is 10.5. The molecule has 0 spiro atoms. The van der Waals surface area contributed by atoms with Crippen molar-refractivity contribution in [2.24, 2.45) is 0 Å². The van der Waals surface area contributed by atoms with Crippen LogP contribution in [0.1, 0.15) is 80.8 Å². The highest BCUT2D eigenvalue weighted by atomic mass is 32.2. The second kappa shape index (κ2) is 20.0. The van der Waals surface area contributed by atoms with E-state index in [0.717, 1.165) is 66.3 Å². The van der Waals surface area contributed by atoms with Crippen molar-refractivity contribution in [3.63, 3.8) is 0 Å². The molecule has 0 aliphatic carbocycles. The Bertz CT molecular complexity index is 2710. The largest absolute Gasteiger partial charge is 0.497 e. The summed E-state index contributed by atoms with van der Waals surface area (Å²) in [7, 11) is -0.415. The molecule has 6 aromatic carbocycles. The molecule has 1 heterocycles. The highest BCUT2D eigenvalue weighted by Crippen LogP contribution is 2.38. The predicted molar refractivity (Wildman–Crippen MR) is 254 cm³/mol. The van der Waals surface area contributed by atoms with E-state index >= 15 is 0 Å². The molecule has 1 N–H and O–H groups in total. The number of sulfone groups is 1. The first-order chi connectivity index (χ1) is 30.8. The fourth-order valence-electron chi connectivity index (χ4n) is 7.92. The Morgan fingerprint density at radius 3 is 1.61 bits per heavy atom. The second-order valence-corrected chi connectivity index (χ2v) is 19.0. The molecule has 0 fully saturated rings. The summed E-state index contributed by atoms with van der Waals surface area (Å²) in [5, 5.41) is 3.56. The van der Waals surface area contributed by atoms with Crippen LogP contribution in [-0.4, -0.2) is 38.7 Å². The van der Waals surface area contributed by atoms with Gasteiger partial charge in [0.1, 0.15) is 34.5 Å². The van der Waals surface area contributed by atoms with E-state index in [2.05, 4.69) is 98.0 Å². The minimum atomic E-state index is -3.79. The molecule has 7 rings (SSSR count). The number of nitrogens with one attached hydrogen (secondary N) is 1. The van der Waals surface area contributed by atoms with E-state index in [9.17, 15) is 8.42 Å². The molecule has 0 aliphatic rings. The molecule has 332 valence electrons. The molecule has 0 unspecified atom stereocenters. The molecule has 9 nitrogen and oxygen atoms in total. The number of benzene rings is 6. The van der Waals surface area contributed by atoms with Crippen LogP contribution in [-0.2, 0) is 40.2 Å². The van der Waals surface area contributed by atoms with Crippen LogP contribution in [0.2, 0.25) is 0 Å². The molecule has 0 saturated heterocycles. The van der Waals surface area contributed by atoms with Crippen LogP contribution < -0.4 is 24.3 Å². The number of imidazole rings is 1. The average Bonchev–Trinajstić information content (AvgIpc) is 3.84. The van der Waals surface area contributed by atoms with Crippen molar-refractivity contribution in [3.8, 4) is 34.5 Å². The van der Waals surface area contributed by atoms with Gasteiger partial charge in [-0.2, -0.15) is 0 Å². The van der Waals surface area contributed by atoms with E-state index in [0.29, 0.717) is 23.8 Å². The van der Waals surface area contributed by atoms with Crippen molar-refractivity contribution in [2.75, 3.05) is 20.8 Å². The maximum atomic E-state index is 13.7. The molecule has 0 bridgehead atoms. The number of hydrogen-bond acceptors (Lipinski definition) is 8. The van der Waals surface area contributed by atoms with Gasteiger partial charge in [-0.05, 0) is 138 Å². The van der Waals surface area contributed by atoms with Crippen LogP contribution in [0.4, 0.5) is 0 Å². The van der Waals surface area contributed by atoms with Gasteiger partial charge >= 0.3 is 0 Å². The number of hydrogen-bond donors (Lipinski definition) is 1. The van der Waals surface area contributed by atoms with Crippen LogP contribution in [0.15, 0.2) is 162 Å². The first-order valence-corrected chi connectivity index (χ1v) is 23.3. The molecule has 0 atom stereocenters. The van der Waals surface area contributed by atoms with Crippen molar-refractivity contribution in [1.29, 1.82) is 0 Å². The zero-order valence-electron chi connectivity index (χ0n) is 37.9. The minimum absolute atomic E-state index is 0.175. The second-order valence-electron chi connectivity index (χ2n) is 17.1. The first kappa shape index (κ1) is 45.7. The Morgan fingerprint density at radius 1 is 0.594 bits per heavy atom. The van der Waals surface area contributed by atoms with E-state index in [1.165, 1.54) is 16.7 Å². The van der Waals surface area contributed by atoms with Gasteiger partial charge in [-0.15, -0.1) is 0 Å². The maximum Gasteiger partial charge on any atom is 0.206 e. The van der Waals surface area contributed by atoms with Crippen LogP contribution in [0.5, 0.6) is 34.5 Å². The highest BCUT2D eigenvalue weighted by Gasteiger charge is 2.26. The molecule has 1 aromatic heterocycles. The quantitative estimate of drug-likeness (QED) is 0.0756. The SMILES string of the molecule is CCCc1cc(C(C)(C)c2ccc(OC)cc2)ccc1Oc1ccc(S(=O)(=O)c2ccc(Oc3ccc(C(C)(C)c4ccc(OC)c(CNCCCn5ccnc5)c4)cc3)cc2)cc1. The van der Waals surface area contributed by atoms with Crippen LogP contribution in [0.25, 0.3) is 0 Å². The van der Waals surface area contributed by atoms with Gasteiger partial charge in [0.05, 0.1) is 30.3 Å². The molecule has 64 heavy (non-hydrogen) atoms. The Morgan fingerprint density at radius 2 is 1.09 bits per heavy atom. The lowest BCUT2D eigenvalue weighted by molar-refractivity contribution is 0.406. The van der Waals surface area contributed by atoms with E-state index in [4.69, 9.17) is 18.9 Å². The summed E-state index contributed by atoms with van der Waals surface area (Å²) in [5.41, 5.74) is 6.35. The van der Waals surface area contributed by atoms with Gasteiger partial charge < -0.3 is 28.8 Å². The zero-order chi connectivity index (χ0) is 45.3. The third-order valence-corrected chi connectivity index (χ3v) is 13.9. The van der Waals surface area contributed by atoms with Gasteiger partial charge in [-0.3, -0.25) is 0 Å².